The fraction of sp³-hybridized carbons (Fsp3) is 0.800. The summed E-state index contributed by atoms with van der Waals surface area (Å²) in [5, 5.41) is 0. The van der Waals surface area contributed by atoms with Crippen LogP contribution < -0.4 is 5.76 Å². The molecule has 0 aliphatic carbocycles. The molecular weight excluding hydrogens is 226 g/mol. The molecule has 0 N–H and O–H groups in total. The normalized spacial score (nSPS) is 14.1. The summed E-state index contributed by atoms with van der Waals surface area (Å²) < 4.78 is 7.37. The molecule has 0 saturated carbocycles. The van der Waals surface area contributed by atoms with E-state index in [-0.39, 0.29) is 22.1 Å². The first-order valence-corrected chi connectivity index (χ1v) is 6.53. The Balaban J connectivity index is 3.76. The smallest absolute Gasteiger partial charge is 0.412 e. The summed E-state index contributed by atoms with van der Waals surface area (Å²) in [6, 6.07) is 0. The zero-order valence-corrected chi connectivity index (χ0v) is 13.3. The second-order valence-corrected chi connectivity index (χ2v) is 8.05. The minimum Gasteiger partial charge on any atom is -0.412 e. The summed E-state index contributed by atoms with van der Waals surface area (Å²) in [5.41, 5.74) is 0.444. The van der Waals surface area contributed by atoms with Gasteiger partial charge in [-0.05, 0) is 20.8 Å². The second kappa shape index (κ2) is 4.01. The van der Waals surface area contributed by atoms with E-state index in [2.05, 4.69) is 41.5 Å². The highest BCUT2D eigenvalue weighted by molar-refractivity contribution is 5.25. The van der Waals surface area contributed by atoms with E-state index in [1.807, 2.05) is 20.8 Å². The van der Waals surface area contributed by atoms with Gasteiger partial charge in [0.2, 0.25) is 0 Å². The van der Waals surface area contributed by atoms with Gasteiger partial charge in [-0.3, -0.25) is 4.57 Å². The maximum Gasteiger partial charge on any atom is 0.419 e. The maximum atomic E-state index is 12.2. The molecule has 0 aliphatic rings. The Bertz CT molecular complexity index is 485. The van der Waals surface area contributed by atoms with Crippen LogP contribution in [-0.2, 0) is 16.4 Å². The van der Waals surface area contributed by atoms with Crippen LogP contribution in [0, 0.1) is 0 Å². The largest absolute Gasteiger partial charge is 0.419 e. The Morgan fingerprint density at radius 3 is 1.56 bits per heavy atom. The van der Waals surface area contributed by atoms with E-state index in [4.69, 9.17) is 4.42 Å². The lowest BCUT2D eigenvalue weighted by Crippen LogP contribution is -2.36. The first-order chi connectivity index (χ1) is 7.76. The van der Waals surface area contributed by atoms with Crippen LogP contribution in [0.5, 0.6) is 0 Å². The number of oxazole rings is 1. The number of nitrogens with zero attached hydrogens (tertiary/aromatic N) is 1. The van der Waals surface area contributed by atoms with Crippen LogP contribution >= 0.6 is 0 Å². The Kier molecular flexibility index (Phi) is 3.35. The van der Waals surface area contributed by atoms with E-state index in [1.54, 1.807) is 4.57 Å². The zero-order valence-electron chi connectivity index (χ0n) is 13.3. The molecule has 18 heavy (non-hydrogen) atoms. The third-order valence-corrected chi connectivity index (χ3v) is 2.87. The Morgan fingerprint density at radius 1 is 0.833 bits per heavy atom. The summed E-state index contributed by atoms with van der Waals surface area (Å²) in [5.74, 6) is 0.548. The summed E-state index contributed by atoms with van der Waals surface area (Å²) in [6.45, 7) is 18.7. The first kappa shape index (κ1) is 15.1. The fourth-order valence-corrected chi connectivity index (χ4v) is 2.17. The molecule has 1 aromatic heterocycles. The van der Waals surface area contributed by atoms with E-state index in [1.165, 1.54) is 0 Å². The maximum absolute atomic E-state index is 12.2. The minimum absolute atomic E-state index is 0.123. The molecule has 0 aliphatic heterocycles. The molecule has 3 nitrogen and oxygen atoms in total. The lowest BCUT2D eigenvalue weighted by atomic mass is 9.82. The summed E-state index contributed by atoms with van der Waals surface area (Å²) in [4.78, 5) is 12.2. The van der Waals surface area contributed by atoms with Crippen molar-refractivity contribution in [3.05, 3.63) is 22.0 Å². The zero-order chi connectivity index (χ0) is 14.5. The van der Waals surface area contributed by atoms with E-state index >= 15 is 0 Å². The van der Waals surface area contributed by atoms with Crippen LogP contribution in [0.1, 0.15) is 73.8 Å². The van der Waals surface area contributed by atoms with Crippen molar-refractivity contribution in [2.75, 3.05) is 0 Å². The van der Waals surface area contributed by atoms with Crippen molar-refractivity contribution >= 4 is 0 Å². The van der Waals surface area contributed by atoms with Crippen LogP contribution in [-0.4, -0.2) is 4.57 Å². The Morgan fingerprint density at radius 2 is 1.28 bits per heavy atom. The van der Waals surface area contributed by atoms with Crippen molar-refractivity contribution in [1.29, 1.82) is 0 Å². The SMILES string of the molecule is CC(C)(C)c1oc(=O)n(C(C)(C)C)c1C(C)(C)C. The number of rotatable bonds is 0. The van der Waals surface area contributed by atoms with Gasteiger partial charge in [-0.2, -0.15) is 0 Å². The number of hydrogen-bond acceptors (Lipinski definition) is 2. The lowest BCUT2D eigenvalue weighted by Gasteiger charge is -2.30. The molecule has 1 heterocycles. The van der Waals surface area contributed by atoms with Crippen molar-refractivity contribution < 1.29 is 4.42 Å². The van der Waals surface area contributed by atoms with Gasteiger partial charge in [0, 0.05) is 16.4 Å². The molecule has 0 amide bonds. The lowest BCUT2D eigenvalue weighted by molar-refractivity contribution is 0.327. The third kappa shape index (κ3) is 2.70. The molecule has 0 bridgehead atoms. The van der Waals surface area contributed by atoms with E-state index < -0.39 is 0 Å². The van der Waals surface area contributed by atoms with Gasteiger partial charge in [0.25, 0.3) is 0 Å². The van der Waals surface area contributed by atoms with Gasteiger partial charge >= 0.3 is 5.76 Å². The molecule has 0 unspecified atom stereocenters. The summed E-state index contributed by atoms with van der Waals surface area (Å²) in [6.07, 6.45) is 0. The fourth-order valence-electron chi connectivity index (χ4n) is 2.17. The highest BCUT2D eigenvalue weighted by Gasteiger charge is 2.36. The average molecular weight is 253 g/mol. The van der Waals surface area contributed by atoms with Gasteiger partial charge in [-0.15, -0.1) is 0 Å². The average Bonchev–Trinajstić information content (AvgIpc) is 2.39. The van der Waals surface area contributed by atoms with Crippen molar-refractivity contribution in [3.63, 3.8) is 0 Å². The van der Waals surface area contributed by atoms with Gasteiger partial charge < -0.3 is 4.42 Å². The standard InChI is InChI=1S/C15H27NO2/c1-13(2,3)10-11(14(4,5)6)18-12(17)16(10)15(7,8)9/h1-9H3. The topological polar surface area (TPSA) is 35.1 Å². The molecule has 0 spiro atoms. The molecule has 0 atom stereocenters. The summed E-state index contributed by atoms with van der Waals surface area (Å²) >= 11 is 0. The predicted octanol–water partition coefficient (Wildman–Crippen LogP) is 3.79. The summed E-state index contributed by atoms with van der Waals surface area (Å²) in [7, 11) is 0. The molecule has 3 heteroatoms. The van der Waals surface area contributed by atoms with Crippen LogP contribution in [0.15, 0.2) is 9.21 Å². The van der Waals surface area contributed by atoms with E-state index in [9.17, 15) is 4.79 Å². The Hall–Kier alpha value is -0.990. The Labute approximate surface area is 110 Å². The van der Waals surface area contributed by atoms with Crippen molar-refractivity contribution in [2.45, 2.75) is 78.7 Å². The first-order valence-electron chi connectivity index (χ1n) is 6.53. The van der Waals surface area contributed by atoms with Crippen LogP contribution in [0.4, 0.5) is 0 Å². The van der Waals surface area contributed by atoms with Crippen LogP contribution in [0.25, 0.3) is 0 Å². The molecular formula is C15H27NO2. The highest BCUT2D eigenvalue weighted by Crippen LogP contribution is 2.35. The van der Waals surface area contributed by atoms with Gasteiger partial charge in [0.1, 0.15) is 5.76 Å². The third-order valence-electron chi connectivity index (χ3n) is 2.87. The van der Waals surface area contributed by atoms with Crippen LogP contribution in [0.3, 0.4) is 0 Å². The molecule has 0 aromatic carbocycles. The van der Waals surface area contributed by atoms with Crippen molar-refractivity contribution in [2.24, 2.45) is 0 Å². The van der Waals surface area contributed by atoms with Crippen molar-refractivity contribution in [3.8, 4) is 0 Å². The van der Waals surface area contributed by atoms with Gasteiger partial charge in [-0.1, -0.05) is 41.5 Å². The van der Waals surface area contributed by atoms with Gasteiger partial charge in [0.05, 0.1) is 5.69 Å². The molecule has 1 rings (SSSR count). The molecule has 1 aromatic rings. The molecule has 104 valence electrons. The monoisotopic (exact) mass is 253 g/mol. The number of aromatic nitrogens is 1. The van der Waals surface area contributed by atoms with Gasteiger partial charge in [-0.25, -0.2) is 4.79 Å². The minimum atomic E-state index is -0.271. The van der Waals surface area contributed by atoms with Crippen molar-refractivity contribution in [1.82, 2.24) is 4.57 Å². The van der Waals surface area contributed by atoms with Crippen LogP contribution in [0.2, 0.25) is 0 Å². The molecule has 0 fully saturated rings. The quantitative estimate of drug-likeness (QED) is 0.705. The molecule has 0 saturated heterocycles. The van der Waals surface area contributed by atoms with E-state index in [0.29, 0.717) is 0 Å². The highest BCUT2D eigenvalue weighted by atomic mass is 16.4. The number of hydrogen-bond donors (Lipinski definition) is 0. The molecule has 0 radical (unpaired) electrons. The van der Waals surface area contributed by atoms with Gasteiger partial charge in [0.15, 0.2) is 0 Å². The second-order valence-electron chi connectivity index (χ2n) is 8.05. The predicted molar refractivity (Wildman–Crippen MR) is 75.4 cm³/mol. The van der Waals surface area contributed by atoms with E-state index in [0.717, 1.165) is 11.5 Å².